The third-order valence-corrected chi connectivity index (χ3v) is 5.19. The van der Waals surface area contributed by atoms with E-state index < -0.39 is 0 Å². The molecule has 30 heavy (non-hydrogen) atoms. The minimum Gasteiger partial charge on any atom is -0.492 e. The maximum absolute atomic E-state index is 5.83. The van der Waals surface area contributed by atoms with E-state index in [1.54, 1.807) is 10.9 Å². The summed E-state index contributed by atoms with van der Waals surface area (Å²) in [5, 5.41) is 11.9. The predicted octanol–water partition coefficient (Wildman–Crippen LogP) is 1.92. The highest BCUT2D eigenvalue weighted by atomic mass is 16.5. The van der Waals surface area contributed by atoms with E-state index >= 15 is 0 Å². The topological polar surface area (TPSA) is 93.3 Å². The zero-order chi connectivity index (χ0) is 20.2. The molecular weight excluding hydrogens is 380 g/mol. The first kappa shape index (κ1) is 18.8. The number of benzene rings is 1. The van der Waals surface area contributed by atoms with Crippen LogP contribution in [0.1, 0.15) is 12.8 Å². The summed E-state index contributed by atoms with van der Waals surface area (Å²) in [5.74, 6) is 1.25. The van der Waals surface area contributed by atoms with Gasteiger partial charge in [-0.15, -0.1) is 5.10 Å². The zero-order valence-electron chi connectivity index (χ0n) is 16.7. The van der Waals surface area contributed by atoms with Gasteiger partial charge in [0.1, 0.15) is 12.4 Å². The highest BCUT2D eigenvalue weighted by Crippen LogP contribution is 2.19. The van der Waals surface area contributed by atoms with Gasteiger partial charge in [0.15, 0.2) is 11.2 Å². The first-order valence-electron chi connectivity index (χ1n) is 10.3. The molecule has 154 valence electrons. The van der Waals surface area contributed by atoms with Crippen molar-refractivity contribution < 1.29 is 4.74 Å². The third kappa shape index (κ3) is 4.22. The number of nitrogens with one attached hydrogen (secondary N) is 1. The number of aromatic nitrogens is 5. The van der Waals surface area contributed by atoms with Crippen molar-refractivity contribution in [3.63, 3.8) is 0 Å². The lowest BCUT2D eigenvalue weighted by atomic mass is 10.3. The Hall–Kier alpha value is -3.17. The van der Waals surface area contributed by atoms with Gasteiger partial charge < -0.3 is 10.1 Å². The van der Waals surface area contributed by atoms with E-state index in [0.717, 1.165) is 62.7 Å². The quantitative estimate of drug-likeness (QED) is 0.612. The Morgan fingerprint density at radius 2 is 2.00 bits per heavy atom. The molecule has 9 nitrogen and oxygen atoms in total. The van der Waals surface area contributed by atoms with Gasteiger partial charge in [-0.1, -0.05) is 11.3 Å². The lowest BCUT2D eigenvalue weighted by molar-refractivity contribution is 0.299. The number of ether oxygens (including phenoxy) is 1. The van der Waals surface area contributed by atoms with Gasteiger partial charge >= 0.3 is 0 Å². The van der Waals surface area contributed by atoms with E-state index in [4.69, 9.17) is 9.73 Å². The number of nitrogens with zero attached hydrogens (tertiary/aromatic N) is 7. The van der Waals surface area contributed by atoms with Crippen LogP contribution in [0.25, 0.3) is 16.9 Å². The number of rotatable bonds is 0. The van der Waals surface area contributed by atoms with Crippen LogP contribution in [0.5, 0.6) is 5.75 Å². The van der Waals surface area contributed by atoms with Crippen LogP contribution in [0, 0.1) is 0 Å². The lowest BCUT2D eigenvalue weighted by Gasteiger charge is -2.20. The molecule has 2 aromatic heterocycles. The molecule has 6 bridgehead atoms. The van der Waals surface area contributed by atoms with Crippen molar-refractivity contribution in [3.8, 4) is 11.4 Å². The maximum atomic E-state index is 5.83. The van der Waals surface area contributed by atoms with Crippen LogP contribution >= 0.6 is 0 Å². The molecule has 3 aliphatic rings. The van der Waals surface area contributed by atoms with E-state index in [1.165, 1.54) is 0 Å². The fourth-order valence-corrected chi connectivity index (χ4v) is 3.65. The van der Waals surface area contributed by atoms with E-state index in [-0.39, 0.29) is 0 Å². The Morgan fingerprint density at radius 3 is 2.93 bits per heavy atom. The second-order valence-corrected chi connectivity index (χ2v) is 7.40. The molecule has 1 unspecified atom stereocenters. The maximum Gasteiger partial charge on any atom is 0.251 e. The first-order chi connectivity index (χ1) is 14.8. The van der Waals surface area contributed by atoms with Crippen LogP contribution < -0.4 is 10.1 Å². The smallest absolute Gasteiger partial charge is 0.251 e. The molecule has 0 spiro atoms. The van der Waals surface area contributed by atoms with Crippen molar-refractivity contribution in [3.05, 3.63) is 42.6 Å². The molecule has 0 aliphatic carbocycles. The second-order valence-electron chi connectivity index (χ2n) is 7.40. The minimum atomic E-state index is 0.423. The first-order valence-corrected chi connectivity index (χ1v) is 10.3. The summed E-state index contributed by atoms with van der Waals surface area (Å²) in [7, 11) is 0. The molecule has 3 aromatic rings. The average molecular weight is 404 g/mol. The Labute approximate surface area is 174 Å². The summed E-state index contributed by atoms with van der Waals surface area (Å²) < 4.78 is 7.54. The van der Waals surface area contributed by atoms with Crippen molar-refractivity contribution in [1.82, 2.24) is 35.2 Å². The molecule has 6 rings (SSSR count). The van der Waals surface area contributed by atoms with Gasteiger partial charge in [-0.3, -0.25) is 4.90 Å². The van der Waals surface area contributed by atoms with Crippen molar-refractivity contribution in [2.75, 3.05) is 39.3 Å². The Morgan fingerprint density at radius 1 is 1.07 bits per heavy atom. The molecule has 0 fully saturated rings. The molecule has 5 heterocycles. The summed E-state index contributed by atoms with van der Waals surface area (Å²) in [6.45, 7) is 5.26. The summed E-state index contributed by atoms with van der Waals surface area (Å²) in [6, 6.07) is 7.77. The Balaban J connectivity index is 1.53. The SMILES string of the molecule is C1=CC2=Nc3ncc4nnn(c4n3)-c3ccc(cc3)OCCNCCCN(CC1)C2. The minimum absolute atomic E-state index is 0.423. The summed E-state index contributed by atoms with van der Waals surface area (Å²) in [6.07, 6.45) is 8.03. The molecule has 1 atom stereocenters. The van der Waals surface area contributed by atoms with Gasteiger partial charge in [-0.05, 0) is 56.3 Å². The highest BCUT2D eigenvalue weighted by Gasteiger charge is 2.13. The fourth-order valence-electron chi connectivity index (χ4n) is 3.65. The van der Waals surface area contributed by atoms with Gasteiger partial charge in [-0.25, -0.2) is 9.98 Å². The van der Waals surface area contributed by atoms with Crippen LogP contribution in [0.2, 0.25) is 0 Å². The van der Waals surface area contributed by atoms with E-state index in [1.807, 2.05) is 24.3 Å². The Kier molecular flexibility index (Phi) is 5.45. The normalized spacial score (nSPS) is 20.1. The number of hydrogen-bond donors (Lipinski definition) is 1. The molecule has 0 amide bonds. The average Bonchev–Trinajstić information content (AvgIpc) is 3.05. The second kappa shape index (κ2) is 8.68. The summed E-state index contributed by atoms with van der Waals surface area (Å²) in [4.78, 5) is 16.2. The van der Waals surface area contributed by atoms with Crippen LogP contribution in [0.4, 0.5) is 5.95 Å². The molecule has 9 heteroatoms. The van der Waals surface area contributed by atoms with Crippen LogP contribution in [-0.4, -0.2) is 74.9 Å². The molecular formula is C21H24N8O. The van der Waals surface area contributed by atoms with Crippen molar-refractivity contribution in [2.45, 2.75) is 12.8 Å². The van der Waals surface area contributed by atoms with Gasteiger partial charge in [0.25, 0.3) is 5.95 Å². The largest absolute Gasteiger partial charge is 0.492 e. The standard InChI is InChI=1S/C21H24N8O/c1-2-11-28-12-3-9-22-10-13-30-18-7-5-17(6-8-18)29-20-19(26-27-29)14-23-21(25-20)24-16(4-1)15-28/h1,4-8,14,22H,2-3,9-13,15H2. The van der Waals surface area contributed by atoms with Gasteiger partial charge in [0.05, 0.1) is 17.6 Å². The lowest BCUT2D eigenvalue weighted by Crippen LogP contribution is -2.32. The fraction of sp³-hybridized carbons (Fsp3) is 0.381. The predicted molar refractivity (Wildman–Crippen MR) is 115 cm³/mol. The van der Waals surface area contributed by atoms with Gasteiger partial charge in [0.2, 0.25) is 0 Å². The van der Waals surface area contributed by atoms with Crippen molar-refractivity contribution >= 4 is 22.8 Å². The zero-order valence-corrected chi connectivity index (χ0v) is 16.7. The van der Waals surface area contributed by atoms with Gasteiger partial charge in [-0.2, -0.15) is 9.67 Å². The monoisotopic (exact) mass is 404 g/mol. The molecule has 0 radical (unpaired) electrons. The number of hydrogen-bond acceptors (Lipinski definition) is 8. The van der Waals surface area contributed by atoms with Crippen LogP contribution in [0.3, 0.4) is 0 Å². The molecule has 1 N–H and O–H groups in total. The molecule has 0 saturated heterocycles. The summed E-state index contributed by atoms with van der Waals surface area (Å²) in [5.41, 5.74) is 3.09. The van der Waals surface area contributed by atoms with E-state index in [2.05, 4.69) is 42.6 Å². The van der Waals surface area contributed by atoms with E-state index in [9.17, 15) is 0 Å². The summed E-state index contributed by atoms with van der Waals surface area (Å²) >= 11 is 0. The number of fused-ring (bicyclic) bond motifs is 8. The molecule has 3 aliphatic heterocycles. The van der Waals surface area contributed by atoms with Gasteiger partial charge in [0, 0.05) is 19.6 Å². The van der Waals surface area contributed by atoms with E-state index in [0.29, 0.717) is 23.7 Å². The van der Waals surface area contributed by atoms with Crippen molar-refractivity contribution in [2.24, 2.45) is 4.99 Å². The Bertz CT molecular complexity index is 1070. The van der Waals surface area contributed by atoms with Crippen LogP contribution in [-0.2, 0) is 0 Å². The highest BCUT2D eigenvalue weighted by molar-refractivity contribution is 5.98. The third-order valence-electron chi connectivity index (χ3n) is 5.19. The number of aliphatic imine (C=N–C) groups is 1. The molecule has 0 saturated carbocycles. The van der Waals surface area contributed by atoms with Crippen molar-refractivity contribution in [1.29, 1.82) is 0 Å². The van der Waals surface area contributed by atoms with Crippen LogP contribution in [0.15, 0.2) is 47.6 Å². The molecule has 1 aromatic carbocycles.